The van der Waals surface area contributed by atoms with E-state index in [-0.39, 0.29) is 0 Å². The molecule has 498 valence electrons. The van der Waals surface area contributed by atoms with Crippen molar-refractivity contribution in [2.75, 3.05) is 0 Å². The third kappa shape index (κ3) is 10.3. The van der Waals surface area contributed by atoms with Crippen molar-refractivity contribution >= 4 is 86.7 Å². The van der Waals surface area contributed by atoms with E-state index in [9.17, 15) is 15.8 Å². The molecule has 0 unspecified atom stereocenters. The van der Waals surface area contributed by atoms with Crippen molar-refractivity contribution in [1.82, 2.24) is 9.13 Å². The lowest BCUT2D eigenvalue weighted by atomic mass is 9.82. The molecule has 0 aliphatic rings. The van der Waals surface area contributed by atoms with Gasteiger partial charge in [0.15, 0.2) is 0 Å². The monoisotopic (exact) mass is 1370 g/mol. The highest BCUT2D eigenvalue weighted by atomic mass is 15.0. The van der Waals surface area contributed by atoms with Gasteiger partial charge in [0.05, 0.1) is 56.6 Å². The molecule has 108 heavy (non-hydrogen) atoms. The van der Waals surface area contributed by atoms with Crippen LogP contribution in [0.5, 0.6) is 0 Å². The van der Waals surface area contributed by atoms with E-state index in [1.165, 1.54) is 70.9 Å². The Hall–Kier alpha value is -14.9. The second kappa shape index (κ2) is 25.8. The molecule has 0 aliphatic carbocycles. The predicted molar refractivity (Wildman–Crippen MR) is 448 cm³/mol. The van der Waals surface area contributed by atoms with Crippen molar-refractivity contribution in [3.05, 3.63) is 387 Å². The van der Waals surface area contributed by atoms with Gasteiger partial charge in [-0.05, 0) is 216 Å². The first-order valence-electron chi connectivity index (χ1n) is 36.5. The zero-order chi connectivity index (χ0) is 71.9. The van der Waals surface area contributed by atoms with Crippen molar-refractivity contribution in [2.24, 2.45) is 0 Å². The summed E-state index contributed by atoms with van der Waals surface area (Å²) in [6, 6.07) is 140. The third-order valence-corrected chi connectivity index (χ3v) is 22.0. The van der Waals surface area contributed by atoms with E-state index in [0.717, 1.165) is 127 Å². The Kier molecular flexibility index (Phi) is 15.0. The Bertz CT molecular complexity index is 7070. The van der Waals surface area contributed by atoms with E-state index in [2.05, 4.69) is 349 Å². The van der Waals surface area contributed by atoms with Gasteiger partial charge in [0.2, 0.25) is 0 Å². The Labute approximate surface area is 624 Å². The number of nitrogens with zero attached hydrogens (tertiary/aromatic N) is 5. The summed E-state index contributed by atoms with van der Waals surface area (Å²) in [4.78, 5) is 0. The van der Waals surface area contributed by atoms with Gasteiger partial charge in [-0.1, -0.05) is 297 Å². The van der Waals surface area contributed by atoms with Crippen molar-refractivity contribution in [3.8, 4) is 130 Å². The minimum absolute atomic E-state index is 0.553. The fourth-order valence-corrected chi connectivity index (χ4v) is 17.2. The summed E-state index contributed by atoms with van der Waals surface area (Å²) in [5.74, 6) is 0. The van der Waals surface area contributed by atoms with E-state index in [4.69, 9.17) is 0 Å². The third-order valence-electron chi connectivity index (χ3n) is 22.0. The van der Waals surface area contributed by atoms with E-state index in [1.54, 1.807) is 0 Å². The Morgan fingerprint density at radius 2 is 0.556 bits per heavy atom. The molecule has 0 fully saturated rings. The van der Waals surface area contributed by atoms with Crippen LogP contribution >= 0.6 is 0 Å². The van der Waals surface area contributed by atoms with Gasteiger partial charge in [-0.3, -0.25) is 0 Å². The molecule has 5 heteroatoms. The first-order chi connectivity index (χ1) is 53.4. The van der Waals surface area contributed by atoms with Gasteiger partial charge in [0.25, 0.3) is 0 Å². The van der Waals surface area contributed by atoms with Crippen LogP contribution in [-0.4, -0.2) is 9.13 Å². The maximum Gasteiger partial charge on any atom is 0.101 e. The topological polar surface area (TPSA) is 81.2 Å². The molecule has 2 heterocycles. The van der Waals surface area contributed by atoms with Gasteiger partial charge in [-0.25, -0.2) is 0 Å². The molecule has 0 aliphatic heterocycles. The molecule has 0 radical (unpaired) electrons. The van der Waals surface area contributed by atoms with Gasteiger partial charge in [-0.2, -0.15) is 15.8 Å². The maximum atomic E-state index is 10.6. The van der Waals surface area contributed by atoms with E-state index >= 15 is 0 Å². The average Bonchev–Trinajstić information content (AvgIpc) is 0.826. The Balaban J connectivity index is 0.688. The zero-order valence-electron chi connectivity index (χ0n) is 58.5. The standard InChI is InChI=1S/C103H61N5/c104-62-65-38-55-98-94(58-65)82-25-16-17-35-95(82)107(98)78-57-66(63-105)56-77(59-78)69-41-47-71(48-42-69)93-60-74(53-54-92(93)103-90-33-12-6-27-84(90)100(72-20-2-1-3-21-72)85-28-7-13-34-91(85)103)67-43-49-73(50-44-67)101-86-29-8-10-31-88(86)102(89-32-11-9-30-87(89)101)83-26-5-4-22-79(83)70-45-39-68(40-46-70)75-51-52-76(64-106)99(61-75)108-96-36-18-14-23-80(96)81-24-15-19-37-97(81)108/h1-61H. The molecule has 0 bridgehead atoms. The average molecular weight is 1370 g/mol. The zero-order valence-corrected chi connectivity index (χ0v) is 58.5. The molecule has 18 aromatic carbocycles. The Morgan fingerprint density at radius 3 is 1.07 bits per heavy atom. The minimum atomic E-state index is 0.553. The highest BCUT2D eigenvalue weighted by Gasteiger charge is 2.24. The molecule has 0 atom stereocenters. The second-order valence-electron chi connectivity index (χ2n) is 27.9. The van der Waals surface area contributed by atoms with Crippen LogP contribution in [0.1, 0.15) is 16.7 Å². The number of aromatic nitrogens is 2. The fourth-order valence-electron chi connectivity index (χ4n) is 17.2. The van der Waals surface area contributed by atoms with Gasteiger partial charge in [-0.15, -0.1) is 0 Å². The maximum absolute atomic E-state index is 10.6. The fraction of sp³-hybridized carbons (Fsp3) is 0. The number of benzene rings is 18. The van der Waals surface area contributed by atoms with Gasteiger partial charge in [0.1, 0.15) is 6.07 Å². The molecule has 0 amide bonds. The van der Waals surface area contributed by atoms with Crippen LogP contribution < -0.4 is 0 Å². The summed E-state index contributed by atoms with van der Waals surface area (Å²) in [7, 11) is 0. The molecule has 5 nitrogen and oxygen atoms in total. The molecule has 0 N–H and O–H groups in total. The number of hydrogen-bond donors (Lipinski definition) is 0. The van der Waals surface area contributed by atoms with Crippen molar-refractivity contribution in [1.29, 1.82) is 15.8 Å². The summed E-state index contributed by atoms with van der Waals surface area (Å²) in [6.45, 7) is 0. The number of para-hydroxylation sites is 3. The SMILES string of the molecule is N#Cc1cc(-c2ccc(-c3cc(-c4ccc(-c5c6ccccc6c(-c6ccccc6-c6ccc(-c7ccc(C#N)c(-n8c9ccccc9c9ccccc98)c7)cc6)c6ccccc56)cc4)ccc3-c3c4ccccc4c(-c4ccccc4)c4ccccc34)cc2)cc(-n2c3ccccc3c3cc(C#N)ccc32)c1. The van der Waals surface area contributed by atoms with E-state index < -0.39 is 0 Å². The summed E-state index contributed by atoms with van der Waals surface area (Å²) in [5.41, 5.74) is 27.6. The van der Waals surface area contributed by atoms with Crippen LogP contribution in [0.3, 0.4) is 0 Å². The first-order valence-corrected chi connectivity index (χ1v) is 36.5. The molecule has 20 aromatic rings. The summed E-state index contributed by atoms with van der Waals surface area (Å²) >= 11 is 0. The lowest BCUT2D eigenvalue weighted by Gasteiger charge is -2.21. The van der Waals surface area contributed by atoms with Crippen molar-refractivity contribution < 1.29 is 0 Å². The number of hydrogen-bond acceptors (Lipinski definition) is 3. The minimum Gasteiger partial charge on any atom is -0.309 e. The smallest absolute Gasteiger partial charge is 0.101 e. The van der Waals surface area contributed by atoms with E-state index in [1.807, 2.05) is 48.5 Å². The second-order valence-corrected chi connectivity index (χ2v) is 27.9. The van der Waals surface area contributed by atoms with Crippen LogP contribution in [0.4, 0.5) is 0 Å². The highest BCUT2D eigenvalue weighted by molar-refractivity contribution is 6.24. The Morgan fingerprint density at radius 1 is 0.185 bits per heavy atom. The van der Waals surface area contributed by atoms with Crippen LogP contribution in [0, 0.1) is 34.0 Å². The molecule has 2 aromatic heterocycles. The van der Waals surface area contributed by atoms with Crippen LogP contribution in [0.25, 0.3) is 198 Å². The van der Waals surface area contributed by atoms with Crippen molar-refractivity contribution in [3.63, 3.8) is 0 Å². The molecular weight excluding hydrogens is 1310 g/mol. The number of fused-ring (bicyclic) bond motifs is 10. The van der Waals surface area contributed by atoms with Crippen LogP contribution in [0.2, 0.25) is 0 Å². The highest BCUT2D eigenvalue weighted by Crippen LogP contribution is 2.50. The summed E-state index contributed by atoms with van der Waals surface area (Å²) in [6.07, 6.45) is 0. The molecule has 0 saturated carbocycles. The first kappa shape index (κ1) is 62.8. The number of nitriles is 3. The van der Waals surface area contributed by atoms with Gasteiger partial charge in [0, 0.05) is 27.2 Å². The molecule has 20 rings (SSSR count). The molecule has 0 saturated heterocycles. The lowest BCUT2D eigenvalue weighted by molar-refractivity contribution is 1.17. The summed E-state index contributed by atoms with van der Waals surface area (Å²) in [5, 5.41) is 44.9. The predicted octanol–water partition coefficient (Wildman–Crippen LogP) is 27.1. The largest absolute Gasteiger partial charge is 0.309 e. The van der Waals surface area contributed by atoms with Crippen LogP contribution in [0.15, 0.2) is 370 Å². The number of rotatable bonds is 11. The van der Waals surface area contributed by atoms with Crippen molar-refractivity contribution in [2.45, 2.75) is 0 Å². The lowest BCUT2D eigenvalue weighted by Crippen LogP contribution is -1.98. The normalized spacial score (nSPS) is 11.5. The van der Waals surface area contributed by atoms with Crippen LogP contribution in [-0.2, 0) is 0 Å². The molecular formula is C103H61N5. The van der Waals surface area contributed by atoms with Gasteiger partial charge < -0.3 is 9.13 Å². The summed E-state index contributed by atoms with van der Waals surface area (Å²) < 4.78 is 4.44. The van der Waals surface area contributed by atoms with E-state index in [0.29, 0.717) is 16.7 Å². The molecule has 0 spiro atoms. The quantitative estimate of drug-likeness (QED) is 0.121. The van der Waals surface area contributed by atoms with Gasteiger partial charge >= 0.3 is 0 Å².